The molecule has 0 heterocycles. The molecule has 0 aromatic carbocycles. The fourth-order valence-corrected chi connectivity index (χ4v) is 1.79. The Hall–Kier alpha value is -0.650. The van der Waals surface area contributed by atoms with Crippen molar-refractivity contribution in [1.29, 1.82) is 0 Å². The van der Waals surface area contributed by atoms with Gasteiger partial charge in [-0.2, -0.15) is 0 Å². The van der Waals surface area contributed by atoms with Gasteiger partial charge >= 0.3 is 0 Å². The lowest BCUT2D eigenvalue weighted by molar-refractivity contribution is -0.123. The van der Waals surface area contributed by atoms with Gasteiger partial charge in [0.05, 0.1) is 12.5 Å². The summed E-state index contributed by atoms with van der Waals surface area (Å²) in [4.78, 5) is 13.9. The first-order chi connectivity index (χ1) is 8.08. The maximum atomic E-state index is 11.6. The Balaban J connectivity index is 2.17. The average molecular weight is 243 g/mol. The van der Waals surface area contributed by atoms with E-state index >= 15 is 0 Å². The van der Waals surface area contributed by atoms with E-state index in [-0.39, 0.29) is 12.0 Å². The molecule has 1 aliphatic rings. The molecule has 0 bridgehead atoms. The average Bonchev–Trinajstić information content (AvgIpc) is 3.16. The van der Waals surface area contributed by atoms with Crippen molar-refractivity contribution in [2.75, 3.05) is 27.2 Å². The topological polar surface area (TPSA) is 67.6 Å². The third kappa shape index (κ3) is 5.02. The highest BCUT2D eigenvalue weighted by Gasteiger charge is 2.29. The molecule has 0 spiro atoms. The van der Waals surface area contributed by atoms with E-state index in [1.807, 2.05) is 0 Å². The van der Waals surface area contributed by atoms with E-state index in [1.165, 1.54) is 12.8 Å². The summed E-state index contributed by atoms with van der Waals surface area (Å²) in [7, 11) is 3.70. The molecule has 0 radical (unpaired) electrons. The van der Waals surface area contributed by atoms with Crippen LogP contribution in [0.2, 0.25) is 0 Å². The predicted molar refractivity (Wildman–Crippen MR) is 67.7 cm³/mol. The molecule has 5 heteroatoms. The minimum absolute atomic E-state index is 0.0124. The van der Waals surface area contributed by atoms with Gasteiger partial charge in [-0.15, -0.1) is 0 Å². The van der Waals surface area contributed by atoms with Gasteiger partial charge in [-0.3, -0.25) is 9.69 Å². The van der Waals surface area contributed by atoms with Crippen LogP contribution in [0.15, 0.2) is 0 Å². The maximum absolute atomic E-state index is 11.6. The Kier molecular flexibility index (Phi) is 5.88. The highest BCUT2D eigenvalue weighted by Crippen LogP contribution is 2.26. The van der Waals surface area contributed by atoms with Crippen molar-refractivity contribution in [3.05, 3.63) is 0 Å². The smallest absolute Gasteiger partial charge is 0.222 e. The number of nitrogens with zero attached hydrogens (tertiary/aromatic N) is 1. The van der Waals surface area contributed by atoms with Gasteiger partial charge < -0.3 is 15.8 Å². The monoisotopic (exact) mass is 243 g/mol. The van der Waals surface area contributed by atoms with E-state index in [4.69, 9.17) is 10.5 Å². The number of rotatable bonds is 8. The van der Waals surface area contributed by atoms with Crippen molar-refractivity contribution in [3.8, 4) is 0 Å². The number of nitrogens with two attached hydrogens (primary N) is 1. The molecule has 1 saturated carbocycles. The minimum atomic E-state index is -0.175. The molecule has 0 saturated heterocycles. The lowest BCUT2D eigenvalue weighted by Gasteiger charge is -2.24. The fourth-order valence-electron chi connectivity index (χ4n) is 1.79. The Morgan fingerprint density at radius 1 is 1.59 bits per heavy atom. The lowest BCUT2D eigenvalue weighted by Crippen LogP contribution is -2.42. The molecule has 1 amide bonds. The van der Waals surface area contributed by atoms with Gasteiger partial charge in [0.15, 0.2) is 0 Å². The number of likely N-dealkylation sites (N-methyl/N-ethyl adjacent to an activating group) is 1. The first-order valence-electron chi connectivity index (χ1n) is 6.30. The Labute approximate surface area is 104 Å². The molecule has 5 nitrogen and oxygen atoms in total. The summed E-state index contributed by atoms with van der Waals surface area (Å²) in [5.74, 6) is 0.0124. The SMILES string of the molecule is COC(CN)CC(=O)NCC(C)N(C)C1CC1. The zero-order valence-electron chi connectivity index (χ0n) is 11.1. The third-order valence-corrected chi connectivity index (χ3v) is 3.42. The number of amides is 1. The highest BCUT2D eigenvalue weighted by atomic mass is 16.5. The lowest BCUT2D eigenvalue weighted by atomic mass is 10.2. The Bertz CT molecular complexity index is 240. The number of hydrogen-bond acceptors (Lipinski definition) is 4. The van der Waals surface area contributed by atoms with Gasteiger partial charge in [0.25, 0.3) is 0 Å². The minimum Gasteiger partial charge on any atom is -0.380 e. The van der Waals surface area contributed by atoms with Crippen LogP contribution in [0.3, 0.4) is 0 Å². The van der Waals surface area contributed by atoms with Gasteiger partial charge in [-0.05, 0) is 26.8 Å². The molecule has 1 aliphatic carbocycles. The number of nitrogens with one attached hydrogen (secondary N) is 1. The quantitative estimate of drug-likeness (QED) is 0.627. The van der Waals surface area contributed by atoms with Crippen molar-refractivity contribution >= 4 is 5.91 Å². The molecule has 2 atom stereocenters. The molecule has 2 unspecified atom stereocenters. The van der Waals surface area contributed by atoms with Crippen molar-refractivity contribution in [2.24, 2.45) is 5.73 Å². The van der Waals surface area contributed by atoms with Crippen LogP contribution in [-0.4, -0.2) is 56.2 Å². The van der Waals surface area contributed by atoms with Crippen LogP contribution in [0, 0.1) is 0 Å². The number of hydrogen-bond donors (Lipinski definition) is 2. The van der Waals surface area contributed by atoms with Gasteiger partial charge in [-0.1, -0.05) is 0 Å². The van der Waals surface area contributed by atoms with E-state index in [0.717, 1.165) is 6.04 Å². The van der Waals surface area contributed by atoms with E-state index in [1.54, 1.807) is 7.11 Å². The van der Waals surface area contributed by atoms with Crippen LogP contribution in [0.4, 0.5) is 0 Å². The number of carbonyl (C=O) groups is 1. The standard InChI is InChI=1S/C12H25N3O2/c1-9(15(2)10-4-5-10)8-14-12(16)6-11(7-13)17-3/h9-11H,4-8,13H2,1-3H3,(H,14,16). The van der Waals surface area contributed by atoms with Crippen LogP contribution in [0.5, 0.6) is 0 Å². The van der Waals surface area contributed by atoms with Crippen molar-refractivity contribution in [1.82, 2.24) is 10.2 Å². The molecule has 1 rings (SSSR count). The number of carbonyl (C=O) groups excluding carboxylic acids is 1. The number of ether oxygens (including phenoxy) is 1. The summed E-state index contributed by atoms with van der Waals surface area (Å²) >= 11 is 0. The van der Waals surface area contributed by atoms with E-state index in [2.05, 4.69) is 24.2 Å². The summed E-state index contributed by atoms with van der Waals surface area (Å²) < 4.78 is 5.08. The summed E-state index contributed by atoms with van der Waals surface area (Å²) in [5.41, 5.74) is 5.47. The molecule has 1 fully saturated rings. The second kappa shape index (κ2) is 6.93. The van der Waals surface area contributed by atoms with Gasteiger partial charge in [0.1, 0.15) is 0 Å². The summed E-state index contributed by atoms with van der Waals surface area (Å²) in [5, 5.41) is 2.93. The van der Waals surface area contributed by atoms with Crippen molar-refractivity contribution in [2.45, 2.75) is 44.4 Å². The Morgan fingerprint density at radius 3 is 2.71 bits per heavy atom. The van der Waals surface area contributed by atoms with Gasteiger partial charge in [-0.25, -0.2) is 0 Å². The second-order valence-corrected chi connectivity index (χ2v) is 4.85. The molecule has 0 aromatic heterocycles. The summed E-state index contributed by atoms with van der Waals surface area (Å²) in [6.45, 7) is 3.20. The zero-order chi connectivity index (χ0) is 12.8. The largest absolute Gasteiger partial charge is 0.380 e. The van der Waals surface area contributed by atoms with Gasteiger partial charge in [0.2, 0.25) is 5.91 Å². The molecule has 0 aliphatic heterocycles. The molecular weight excluding hydrogens is 218 g/mol. The fraction of sp³-hybridized carbons (Fsp3) is 0.917. The third-order valence-electron chi connectivity index (χ3n) is 3.42. The summed E-state index contributed by atoms with van der Waals surface area (Å²) in [6, 6.07) is 1.10. The summed E-state index contributed by atoms with van der Waals surface area (Å²) in [6.07, 6.45) is 2.74. The Morgan fingerprint density at radius 2 is 2.24 bits per heavy atom. The first kappa shape index (κ1) is 14.4. The van der Waals surface area contributed by atoms with Crippen LogP contribution in [-0.2, 0) is 9.53 Å². The van der Waals surface area contributed by atoms with Crippen molar-refractivity contribution < 1.29 is 9.53 Å². The van der Waals surface area contributed by atoms with E-state index in [0.29, 0.717) is 25.6 Å². The van der Waals surface area contributed by atoms with E-state index in [9.17, 15) is 4.79 Å². The molecular formula is C12H25N3O2. The van der Waals surface area contributed by atoms with Crippen LogP contribution in [0.1, 0.15) is 26.2 Å². The second-order valence-electron chi connectivity index (χ2n) is 4.85. The molecule has 3 N–H and O–H groups in total. The highest BCUT2D eigenvalue weighted by molar-refractivity contribution is 5.76. The predicted octanol–water partition coefficient (Wildman–Crippen LogP) is -0.0509. The maximum Gasteiger partial charge on any atom is 0.222 e. The van der Waals surface area contributed by atoms with Crippen LogP contribution >= 0.6 is 0 Å². The normalized spacial score (nSPS) is 19.1. The first-order valence-corrected chi connectivity index (χ1v) is 6.30. The molecule has 100 valence electrons. The van der Waals surface area contributed by atoms with Crippen molar-refractivity contribution in [3.63, 3.8) is 0 Å². The van der Waals surface area contributed by atoms with Crippen LogP contribution in [0.25, 0.3) is 0 Å². The van der Waals surface area contributed by atoms with E-state index < -0.39 is 0 Å². The van der Waals surface area contributed by atoms with Crippen LogP contribution < -0.4 is 11.1 Å². The zero-order valence-corrected chi connectivity index (χ0v) is 11.1. The molecule has 0 aromatic rings. The van der Waals surface area contributed by atoms with Gasteiger partial charge in [0, 0.05) is 32.3 Å². The molecule has 17 heavy (non-hydrogen) atoms. The number of methoxy groups -OCH3 is 1.